The fourth-order valence-electron chi connectivity index (χ4n) is 1.82. The maximum absolute atomic E-state index is 12.5. The van der Waals surface area contributed by atoms with Gasteiger partial charge in [0.05, 0.1) is 25.5 Å². The van der Waals surface area contributed by atoms with Crippen LogP contribution in [0.5, 0.6) is 11.5 Å². The molecule has 1 unspecified atom stereocenters. The first-order chi connectivity index (χ1) is 11.5. The number of carboxylic acids is 1. The lowest BCUT2D eigenvalue weighted by Crippen LogP contribution is -2.39. The molecule has 8 heteroatoms. The van der Waals surface area contributed by atoms with E-state index in [4.69, 9.17) is 14.6 Å². The van der Waals surface area contributed by atoms with Crippen molar-refractivity contribution >= 4 is 23.5 Å². The Kier molecular flexibility index (Phi) is 6.38. The third-order valence-corrected chi connectivity index (χ3v) is 3.42. The van der Waals surface area contributed by atoms with E-state index in [-0.39, 0.29) is 22.9 Å². The quantitative estimate of drug-likeness (QED) is 0.720. The summed E-state index contributed by atoms with van der Waals surface area (Å²) in [6, 6.07) is 1.76. The summed E-state index contributed by atoms with van der Waals surface area (Å²) in [5.74, 6) is -1.52. The number of amides is 2. The summed E-state index contributed by atoms with van der Waals surface area (Å²) in [6.07, 6.45) is 0. The van der Waals surface area contributed by atoms with E-state index >= 15 is 0 Å². The van der Waals surface area contributed by atoms with Crippen molar-refractivity contribution < 1.29 is 29.0 Å². The number of anilines is 1. The van der Waals surface area contributed by atoms with Gasteiger partial charge in [-0.3, -0.25) is 14.4 Å². The first-order valence-electron chi connectivity index (χ1n) is 7.62. The molecule has 1 aromatic carbocycles. The van der Waals surface area contributed by atoms with Crippen molar-refractivity contribution in [1.82, 2.24) is 5.32 Å². The number of carbonyl (C=O) groups is 3. The molecule has 0 aliphatic heterocycles. The van der Waals surface area contributed by atoms with Crippen LogP contribution >= 0.6 is 0 Å². The highest BCUT2D eigenvalue weighted by atomic mass is 16.5. The van der Waals surface area contributed by atoms with Crippen molar-refractivity contribution in [3.05, 3.63) is 17.7 Å². The molecule has 25 heavy (non-hydrogen) atoms. The monoisotopic (exact) mass is 352 g/mol. The number of hydrogen-bond acceptors (Lipinski definition) is 5. The van der Waals surface area contributed by atoms with Gasteiger partial charge in [0.15, 0.2) is 11.5 Å². The van der Waals surface area contributed by atoms with Crippen LogP contribution in [0.2, 0.25) is 0 Å². The molecule has 0 saturated carbocycles. The van der Waals surface area contributed by atoms with E-state index in [9.17, 15) is 14.4 Å². The van der Waals surface area contributed by atoms with Crippen LogP contribution in [0, 0.1) is 5.41 Å². The number of ether oxygens (including phenoxy) is 2. The van der Waals surface area contributed by atoms with Crippen molar-refractivity contribution in [3.63, 3.8) is 0 Å². The first-order valence-corrected chi connectivity index (χ1v) is 7.62. The third-order valence-electron chi connectivity index (χ3n) is 3.42. The van der Waals surface area contributed by atoms with E-state index in [0.29, 0.717) is 5.75 Å². The molecular weight excluding hydrogens is 328 g/mol. The van der Waals surface area contributed by atoms with Gasteiger partial charge < -0.3 is 25.2 Å². The summed E-state index contributed by atoms with van der Waals surface area (Å²) in [5.41, 5.74) is -0.411. The molecule has 0 heterocycles. The van der Waals surface area contributed by atoms with Crippen LogP contribution in [0.4, 0.5) is 5.69 Å². The van der Waals surface area contributed by atoms with Gasteiger partial charge in [-0.25, -0.2) is 0 Å². The zero-order chi connectivity index (χ0) is 19.4. The minimum atomic E-state index is -1.17. The fourth-order valence-corrected chi connectivity index (χ4v) is 1.82. The normalized spacial score (nSPS) is 12.1. The number of carbonyl (C=O) groups excluding carboxylic acids is 2. The van der Waals surface area contributed by atoms with Gasteiger partial charge in [-0.15, -0.1) is 0 Å². The van der Waals surface area contributed by atoms with Gasteiger partial charge >= 0.3 is 5.97 Å². The number of hydrogen-bond donors (Lipinski definition) is 3. The van der Waals surface area contributed by atoms with Crippen molar-refractivity contribution in [2.45, 2.75) is 33.7 Å². The molecule has 1 atom stereocenters. The summed E-state index contributed by atoms with van der Waals surface area (Å²) in [4.78, 5) is 35.7. The summed E-state index contributed by atoms with van der Waals surface area (Å²) in [5, 5.41) is 14.0. The minimum Gasteiger partial charge on any atom is -0.493 e. The second kappa shape index (κ2) is 7.87. The van der Waals surface area contributed by atoms with Gasteiger partial charge in [-0.05, 0) is 13.0 Å². The molecule has 0 aromatic heterocycles. The van der Waals surface area contributed by atoms with E-state index in [1.807, 2.05) is 0 Å². The Morgan fingerprint density at radius 2 is 1.60 bits per heavy atom. The smallest absolute Gasteiger partial charge is 0.325 e. The van der Waals surface area contributed by atoms with Gasteiger partial charge in [-0.2, -0.15) is 0 Å². The molecule has 8 nitrogen and oxygen atoms in total. The van der Waals surface area contributed by atoms with Gasteiger partial charge in [0, 0.05) is 11.5 Å². The topological polar surface area (TPSA) is 114 Å². The Morgan fingerprint density at radius 1 is 1.08 bits per heavy atom. The van der Waals surface area contributed by atoms with Crippen LogP contribution in [0.25, 0.3) is 0 Å². The Morgan fingerprint density at radius 3 is 2.04 bits per heavy atom. The zero-order valence-corrected chi connectivity index (χ0v) is 15.2. The van der Waals surface area contributed by atoms with E-state index in [1.165, 1.54) is 33.3 Å². The molecule has 0 spiro atoms. The number of rotatable bonds is 6. The predicted octanol–water partition coefficient (Wildman–Crippen LogP) is 1.89. The SMILES string of the molecule is COc1cc(NC(=O)C(C)(C)C)c(C(=O)NC(C)C(=O)O)cc1OC. The number of nitrogens with one attached hydrogen (secondary N) is 2. The Balaban J connectivity index is 3.34. The fraction of sp³-hybridized carbons (Fsp3) is 0.471. The average Bonchev–Trinajstić information content (AvgIpc) is 2.52. The Hall–Kier alpha value is -2.77. The molecule has 1 rings (SSSR count). The largest absolute Gasteiger partial charge is 0.493 e. The molecule has 138 valence electrons. The van der Waals surface area contributed by atoms with Crippen LogP contribution in [-0.2, 0) is 9.59 Å². The Bertz CT molecular complexity index is 678. The molecule has 0 saturated heterocycles. The zero-order valence-electron chi connectivity index (χ0n) is 15.2. The second-order valence-electron chi connectivity index (χ2n) is 6.49. The molecule has 0 radical (unpaired) electrons. The molecule has 0 fully saturated rings. The summed E-state index contributed by atoms with van der Waals surface area (Å²) < 4.78 is 10.4. The van der Waals surface area contributed by atoms with E-state index in [1.54, 1.807) is 20.8 Å². The number of methoxy groups -OCH3 is 2. The van der Waals surface area contributed by atoms with Crippen molar-refractivity contribution in [2.24, 2.45) is 5.41 Å². The van der Waals surface area contributed by atoms with Gasteiger partial charge in [0.25, 0.3) is 5.91 Å². The van der Waals surface area contributed by atoms with Crippen molar-refractivity contribution in [1.29, 1.82) is 0 Å². The molecular formula is C17H24N2O6. The lowest BCUT2D eigenvalue weighted by Gasteiger charge is -2.21. The van der Waals surface area contributed by atoms with Crippen LogP contribution in [0.3, 0.4) is 0 Å². The average molecular weight is 352 g/mol. The lowest BCUT2D eigenvalue weighted by atomic mass is 9.95. The summed E-state index contributed by atoms with van der Waals surface area (Å²) in [7, 11) is 2.84. The molecule has 0 aliphatic rings. The van der Waals surface area contributed by atoms with Gasteiger partial charge in [-0.1, -0.05) is 20.8 Å². The van der Waals surface area contributed by atoms with Crippen LogP contribution in [-0.4, -0.2) is 43.2 Å². The predicted molar refractivity (Wildman–Crippen MR) is 92.2 cm³/mol. The lowest BCUT2D eigenvalue weighted by molar-refractivity contribution is -0.138. The molecule has 3 N–H and O–H groups in total. The summed E-state index contributed by atoms with van der Waals surface area (Å²) in [6.45, 7) is 6.54. The standard InChI is InChI=1S/C17H24N2O6/c1-9(15(21)22)18-14(20)10-7-12(24-5)13(25-6)8-11(10)19-16(23)17(2,3)4/h7-9H,1-6H3,(H,18,20)(H,19,23)(H,21,22). The van der Waals surface area contributed by atoms with Crippen LogP contribution in [0.15, 0.2) is 12.1 Å². The highest BCUT2D eigenvalue weighted by Crippen LogP contribution is 2.34. The molecule has 0 aliphatic carbocycles. The third kappa shape index (κ3) is 5.10. The number of benzene rings is 1. The van der Waals surface area contributed by atoms with Crippen molar-refractivity contribution in [2.75, 3.05) is 19.5 Å². The van der Waals surface area contributed by atoms with Crippen LogP contribution < -0.4 is 20.1 Å². The first kappa shape index (κ1) is 20.3. The highest BCUT2D eigenvalue weighted by Gasteiger charge is 2.26. The van der Waals surface area contributed by atoms with E-state index < -0.39 is 23.3 Å². The maximum atomic E-state index is 12.5. The molecule has 1 aromatic rings. The second-order valence-corrected chi connectivity index (χ2v) is 6.49. The highest BCUT2D eigenvalue weighted by molar-refractivity contribution is 6.06. The van der Waals surface area contributed by atoms with Gasteiger partial charge in [0.1, 0.15) is 6.04 Å². The molecule has 0 bridgehead atoms. The van der Waals surface area contributed by atoms with Crippen LogP contribution in [0.1, 0.15) is 38.1 Å². The van der Waals surface area contributed by atoms with Gasteiger partial charge in [0.2, 0.25) is 5.91 Å². The number of aliphatic carboxylic acids is 1. The molecule has 2 amide bonds. The van der Waals surface area contributed by atoms with E-state index in [0.717, 1.165) is 0 Å². The maximum Gasteiger partial charge on any atom is 0.325 e. The van der Waals surface area contributed by atoms with E-state index in [2.05, 4.69) is 10.6 Å². The number of carboxylic acid groups (broad SMARTS) is 1. The summed E-state index contributed by atoms with van der Waals surface area (Å²) >= 11 is 0. The Labute approximate surface area is 146 Å². The minimum absolute atomic E-state index is 0.0725. The van der Waals surface area contributed by atoms with Crippen molar-refractivity contribution in [3.8, 4) is 11.5 Å².